The Bertz CT molecular complexity index is 742. The summed E-state index contributed by atoms with van der Waals surface area (Å²) in [6.45, 7) is 10.4. The molecule has 1 heterocycles. The van der Waals surface area contributed by atoms with Crippen LogP contribution in [-0.4, -0.2) is 29.0 Å². The Labute approximate surface area is 157 Å². The normalized spacial score (nSPS) is 11.2. The van der Waals surface area contributed by atoms with Gasteiger partial charge in [-0.05, 0) is 42.0 Å². The first-order valence-electron chi connectivity index (χ1n) is 8.28. The number of nitrogens with zero attached hydrogens (tertiary/aromatic N) is 2. The molecule has 0 atom stereocenters. The minimum absolute atomic E-state index is 0.168. The Morgan fingerprint density at radius 1 is 1.28 bits per heavy atom. The second-order valence-electron chi connectivity index (χ2n) is 6.60. The number of methoxy groups -OCH3 is 1. The highest BCUT2D eigenvalue weighted by Crippen LogP contribution is 2.31. The van der Waals surface area contributed by atoms with Gasteiger partial charge in [-0.25, -0.2) is 0 Å². The highest BCUT2D eigenvalue weighted by molar-refractivity contribution is 8.01. The molecule has 0 aliphatic carbocycles. The Balaban J connectivity index is 2.17. The van der Waals surface area contributed by atoms with Crippen molar-refractivity contribution in [3.63, 3.8) is 0 Å². The molecule has 2 aromatic rings. The molecule has 25 heavy (non-hydrogen) atoms. The van der Waals surface area contributed by atoms with Gasteiger partial charge in [-0.2, -0.15) is 0 Å². The summed E-state index contributed by atoms with van der Waals surface area (Å²) in [4.78, 5) is 12.7. The zero-order valence-corrected chi connectivity index (χ0v) is 17.2. The molecule has 1 aromatic carbocycles. The van der Waals surface area contributed by atoms with Crippen molar-refractivity contribution in [2.45, 2.75) is 44.9 Å². The van der Waals surface area contributed by atoms with Gasteiger partial charge in [0.1, 0.15) is 5.75 Å². The van der Waals surface area contributed by atoms with Crippen LogP contribution >= 0.6 is 23.1 Å². The lowest BCUT2D eigenvalue weighted by atomic mass is 9.96. The van der Waals surface area contributed by atoms with E-state index in [1.54, 1.807) is 18.9 Å². The van der Waals surface area contributed by atoms with Crippen LogP contribution < -0.4 is 10.1 Å². The number of carbonyl (C=O) groups is 1. The third-order valence-corrected chi connectivity index (χ3v) is 6.01. The summed E-state index contributed by atoms with van der Waals surface area (Å²) in [5.41, 5.74) is 2.53. The maximum atomic E-state index is 12.7. The number of rotatable bonds is 7. The molecule has 5 nitrogen and oxygen atoms in total. The molecule has 0 saturated carbocycles. The molecule has 0 aliphatic rings. The van der Waals surface area contributed by atoms with Crippen LogP contribution in [0.2, 0.25) is 0 Å². The van der Waals surface area contributed by atoms with Crippen molar-refractivity contribution in [3.8, 4) is 5.75 Å². The summed E-state index contributed by atoms with van der Waals surface area (Å²) < 4.78 is 6.31. The number of aryl methyl sites for hydroxylation is 1. The molecule has 1 N–H and O–H groups in total. The first-order valence-corrected chi connectivity index (χ1v) is 10.1. The minimum Gasteiger partial charge on any atom is -0.496 e. The average molecular weight is 380 g/mol. The average Bonchev–Trinajstić information content (AvgIpc) is 2.99. The molecule has 1 amide bonds. The van der Waals surface area contributed by atoms with Gasteiger partial charge in [0.2, 0.25) is 5.13 Å². The first kappa shape index (κ1) is 19.7. The zero-order chi connectivity index (χ0) is 18.6. The highest BCUT2D eigenvalue weighted by atomic mass is 32.2. The molecule has 0 unspecified atom stereocenters. The van der Waals surface area contributed by atoms with Gasteiger partial charge >= 0.3 is 0 Å². The number of hydrogen-bond donors (Lipinski definition) is 1. The van der Waals surface area contributed by atoms with E-state index in [0.717, 1.165) is 27.0 Å². The van der Waals surface area contributed by atoms with Crippen molar-refractivity contribution in [2.75, 3.05) is 18.2 Å². The van der Waals surface area contributed by atoms with E-state index >= 15 is 0 Å². The van der Waals surface area contributed by atoms with Crippen LogP contribution in [0.1, 0.15) is 55.1 Å². The summed E-state index contributed by atoms with van der Waals surface area (Å²) in [5.74, 6) is 2.48. The first-order chi connectivity index (χ1) is 11.8. The van der Waals surface area contributed by atoms with E-state index in [9.17, 15) is 4.79 Å². The molecule has 0 aliphatic heterocycles. The van der Waals surface area contributed by atoms with Crippen LogP contribution in [0, 0.1) is 12.8 Å². The summed E-state index contributed by atoms with van der Waals surface area (Å²) >= 11 is 3.07. The van der Waals surface area contributed by atoms with Crippen molar-refractivity contribution in [1.82, 2.24) is 10.2 Å². The summed E-state index contributed by atoms with van der Waals surface area (Å²) in [7, 11) is 1.65. The van der Waals surface area contributed by atoms with E-state index in [1.165, 1.54) is 11.3 Å². The zero-order valence-electron chi connectivity index (χ0n) is 15.5. The highest BCUT2D eigenvalue weighted by Gasteiger charge is 2.17. The van der Waals surface area contributed by atoms with Gasteiger partial charge in [0, 0.05) is 11.3 Å². The van der Waals surface area contributed by atoms with E-state index in [2.05, 4.69) is 43.2 Å². The lowest BCUT2D eigenvalue weighted by Gasteiger charge is -2.15. The van der Waals surface area contributed by atoms with Crippen LogP contribution in [0.25, 0.3) is 0 Å². The molecule has 2 rings (SSSR count). The number of thioether (sulfide) groups is 1. The Morgan fingerprint density at radius 3 is 2.60 bits per heavy atom. The van der Waals surface area contributed by atoms with Gasteiger partial charge in [0.15, 0.2) is 4.34 Å². The number of anilines is 1. The molecule has 0 spiro atoms. The molecular formula is C18H25N3O2S2. The van der Waals surface area contributed by atoms with Gasteiger partial charge in [0.05, 0.1) is 7.11 Å². The molecule has 0 radical (unpaired) electrons. The van der Waals surface area contributed by atoms with Gasteiger partial charge < -0.3 is 4.74 Å². The van der Waals surface area contributed by atoms with Crippen LogP contribution in [0.5, 0.6) is 5.75 Å². The van der Waals surface area contributed by atoms with Crippen molar-refractivity contribution < 1.29 is 9.53 Å². The SMILES string of the molecule is COc1cc(C)c(C(=O)Nc2nnc(SCC(C)C)s2)cc1C(C)C. The molecule has 0 fully saturated rings. The number of benzene rings is 1. The van der Waals surface area contributed by atoms with Crippen molar-refractivity contribution in [1.29, 1.82) is 0 Å². The number of amides is 1. The molecule has 136 valence electrons. The molecule has 0 saturated heterocycles. The standard InChI is InChI=1S/C18H25N3O2S2/c1-10(2)9-24-18-21-20-17(25-18)19-16(22)14-8-13(11(3)4)15(23-6)7-12(14)5/h7-8,10-11H,9H2,1-6H3,(H,19,20,22). The Kier molecular flexibility index (Phi) is 6.84. The largest absolute Gasteiger partial charge is 0.496 e. The van der Waals surface area contributed by atoms with Crippen molar-refractivity contribution in [2.24, 2.45) is 5.92 Å². The van der Waals surface area contributed by atoms with E-state index in [1.807, 2.05) is 19.1 Å². The topological polar surface area (TPSA) is 64.1 Å². The molecule has 0 bridgehead atoms. The quantitative estimate of drug-likeness (QED) is 0.543. The number of carbonyl (C=O) groups excluding carboxylic acids is 1. The fourth-order valence-corrected chi connectivity index (χ4v) is 4.02. The summed E-state index contributed by atoms with van der Waals surface area (Å²) in [5, 5.41) is 11.6. The number of ether oxygens (including phenoxy) is 1. The predicted octanol–water partition coefficient (Wildman–Crippen LogP) is 4.98. The minimum atomic E-state index is -0.168. The molecule has 1 aromatic heterocycles. The Morgan fingerprint density at radius 2 is 2.00 bits per heavy atom. The monoisotopic (exact) mass is 379 g/mol. The molecule has 7 heteroatoms. The van der Waals surface area contributed by atoms with Gasteiger partial charge in [-0.1, -0.05) is 50.8 Å². The van der Waals surface area contributed by atoms with Gasteiger partial charge in [-0.15, -0.1) is 10.2 Å². The fraction of sp³-hybridized carbons (Fsp3) is 0.500. The van der Waals surface area contributed by atoms with Crippen LogP contribution in [0.4, 0.5) is 5.13 Å². The molecular weight excluding hydrogens is 354 g/mol. The third kappa shape index (κ3) is 5.19. The van der Waals surface area contributed by atoms with E-state index in [-0.39, 0.29) is 11.8 Å². The van der Waals surface area contributed by atoms with E-state index in [4.69, 9.17) is 4.74 Å². The fourth-order valence-electron chi connectivity index (χ4n) is 2.29. The van der Waals surface area contributed by atoms with E-state index < -0.39 is 0 Å². The maximum absolute atomic E-state index is 12.7. The second kappa shape index (κ2) is 8.67. The van der Waals surface area contributed by atoms with Crippen LogP contribution in [-0.2, 0) is 0 Å². The lowest BCUT2D eigenvalue weighted by Crippen LogP contribution is -2.14. The van der Waals surface area contributed by atoms with E-state index in [0.29, 0.717) is 16.6 Å². The van der Waals surface area contributed by atoms with Crippen molar-refractivity contribution in [3.05, 3.63) is 28.8 Å². The van der Waals surface area contributed by atoms with Crippen LogP contribution in [0.3, 0.4) is 0 Å². The lowest BCUT2D eigenvalue weighted by molar-refractivity contribution is 0.102. The van der Waals surface area contributed by atoms with Gasteiger partial charge in [0.25, 0.3) is 5.91 Å². The van der Waals surface area contributed by atoms with Crippen molar-refractivity contribution >= 4 is 34.1 Å². The Hall–Kier alpha value is -1.60. The number of aromatic nitrogens is 2. The second-order valence-corrected chi connectivity index (χ2v) is 8.84. The summed E-state index contributed by atoms with van der Waals surface area (Å²) in [6.07, 6.45) is 0. The summed E-state index contributed by atoms with van der Waals surface area (Å²) in [6, 6.07) is 3.82. The van der Waals surface area contributed by atoms with Gasteiger partial charge in [-0.3, -0.25) is 10.1 Å². The maximum Gasteiger partial charge on any atom is 0.257 e. The van der Waals surface area contributed by atoms with Crippen LogP contribution in [0.15, 0.2) is 16.5 Å². The number of hydrogen-bond acceptors (Lipinski definition) is 6. The smallest absolute Gasteiger partial charge is 0.257 e. The predicted molar refractivity (Wildman–Crippen MR) is 105 cm³/mol. The number of nitrogens with one attached hydrogen (secondary N) is 1. The third-order valence-electron chi connectivity index (χ3n) is 3.61.